The third-order valence-electron chi connectivity index (χ3n) is 0.486. The van der Waals surface area contributed by atoms with E-state index < -0.39 is 0 Å². The van der Waals surface area contributed by atoms with Gasteiger partial charge in [-0.25, -0.2) is 0 Å². The predicted molar refractivity (Wildman–Crippen MR) is 46.7 cm³/mol. The first kappa shape index (κ1) is 8.42. The summed E-state index contributed by atoms with van der Waals surface area (Å²) in [6, 6.07) is 4.14. The van der Waals surface area contributed by atoms with Crippen molar-refractivity contribution in [3.63, 3.8) is 0 Å². The number of hydrogen-bond donors (Lipinski definition) is 0. The summed E-state index contributed by atoms with van der Waals surface area (Å²) in [5.74, 6) is 0. The summed E-state index contributed by atoms with van der Waals surface area (Å²) in [5, 5.41) is 2.07. The summed E-state index contributed by atoms with van der Waals surface area (Å²) in [6.07, 6.45) is 0. The van der Waals surface area contributed by atoms with E-state index in [1.807, 2.05) is 6.07 Å². The Bertz CT molecular complexity index is 120. The fraction of sp³-hybridized carbons (Fsp3) is 0. The van der Waals surface area contributed by atoms with Crippen LogP contribution in [0.4, 0.5) is 4.32 Å². The zero-order chi connectivity index (χ0) is 6.41. The predicted octanol–water partition coefficient (Wildman–Crippen LogP) is 1.86. The average molecular weight is 242 g/mol. The largest absolute Gasteiger partial charge is 0.347 e. The molecule has 0 aromatic carbocycles. The smallest absolute Gasteiger partial charge is 0.314 e. The lowest BCUT2D eigenvalue weighted by atomic mass is 10.7. The molecule has 0 bridgehead atoms. The minimum absolute atomic E-state index is 0.500. The lowest BCUT2D eigenvalue weighted by Crippen LogP contribution is -1.38. The lowest BCUT2D eigenvalue weighted by molar-refractivity contribution is 0.902. The van der Waals surface area contributed by atoms with Gasteiger partial charge in [0.05, 0.1) is 2.88 Å². The zero-order valence-corrected chi connectivity index (χ0v) is 7.37. The maximum atomic E-state index is 9.50. The van der Waals surface area contributed by atoms with Crippen molar-refractivity contribution >= 4 is 42.1 Å². The molecular weight excluding hydrogens is 237 g/mol. The summed E-state index contributed by atoms with van der Waals surface area (Å²) in [7, 11) is 0.500. The Morgan fingerprint density at radius 1 is 1.62 bits per heavy atom. The molecule has 0 atom stereocenters. The fourth-order valence-electron chi connectivity index (χ4n) is 0.259. The highest BCUT2D eigenvalue weighted by Gasteiger charge is 1.77. The van der Waals surface area contributed by atoms with Crippen LogP contribution in [0.1, 0.15) is 0 Å². The van der Waals surface area contributed by atoms with Crippen molar-refractivity contribution in [2.45, 2.75) is 0 Å². The standard InChI is InChI=1S/C4H3IS.BFH2/c5-4-2-1-3-6-4;1-2/h1-3H;1H2. The number of rotatable bonds is 0. The van der Waals surface area contributed by atoms with Gasteiger partial charge < -0.3 is 4.32 Å². The highest BCUT2D eigenvalue weighted by Crippen LogP contribution is 2.09. The van der Waals surface area contributed by atoms with Crippen molar-refractivity contribution in [3.8, 4) is 0 Å². The quantitative estimate of drug-likeness (QED) is 0.481. The van der Waals surface area contributed by atoms with Crippen LogP contribution in [-0.2, 0) is 0 Å². The lowest BCUT2D eigenvalue weighted by Gasteiger charge is -1.62. The van der Waals surface area contributed by atoms with E-state index in [1.165, 1.54) is 2.88 Å². The molecule has 1 rings (SSSR count). The van der Waals surface area contributed by atoms with E-state index in [4.69, 9.17) is 0 Å². The van der Waals surface area contributed by atoms with Crippen molar-refractivity contribution in [1.82, 2.24) is 0 Å². The van der Waals surface area contributed by atoms with Gasteiger partial charge in [0.15, 0.2) is 0 Å². The van der Waals surface area contributed by atoms with Crippen LogP contribution in [0.15, 0.2) is 17.5 Å². The molecule has 0 saturated carbocycles. The van der Waals surface area contributed by atoms with Crippen molar-refractivity contribution in [1.29, 1.82) is 0 Å². The van der Waals surface area contributed by atoms with Crippen molar-refractivity contribution in [2.24, 2.45) is 0 Å². The Morgan fingerprint density at radius 3 is 2.38 bits per heavy atom. The Hall–Kier alpha value is 0.425. The number of thiophene rings is 1. The van der Waals surface area contributed by atoms with Crippen LogP contribution >= 0.6 is 33.9 Å². The Balaban J connectivity index is 0.000000222. The van der Waals surface area contributed by atoms with Gasteiger partial charge in [0, 0.05) is 0 Å². The fourth-order valence-corrected chi connectivity index (χ4v) is 1.35. The Morgan fingerprint density at radius 2 is 2.25 bits per heavy atom. The van der Waals surface area contributed by atoms with Gasteiger partial charge in [0.25, 0.3) is 0 Å². The molecule has 8 heavy (non-hydrogen) atoms. The van der Waals surface area contributed by atoms with Gasteiger partial charge in [-0.1, -0.05) is 6.07 Å². The van der Waals surface area contributed by atoms with Gasteiger partial charge in [0.2, 0.25) is 0 Å². The van der Waals surface area contributed by atoms with Crippen LogP contribution in [0.25, 0.3) is 0 Å². The van der Waals surface area contributed by atoms with Crippen LogP contribution < -0.4 is 0 Å². The van der Waals surface area contributed by atoms with Gasteiger partial charge in [-0.3, -0.25) is 0 Å². The summed E-state index contributed by atoms with van der Waals surface area (Å²) in [6.45, 7) is 0. The van der Waals surface area contributed by atoms with E-state index in [0.29, 0.717) is 8.12 Å². The minimum atomic E-state index is 0.500. The molecule has 0 aliphatic carbocycles. The molecule has 0 N–H and O–H groups in total. The molecule has 0 spiro atoms. The molecule has 44 valence electrons. The van der Waals surface area contributed by atoms with Crippen LogP contribution in [0.3, 0.4) is 0 Å². The van der Waals surface area contributed by atoms with Crippen LogP contribution in [0.2, 0.25) is 0 Å². The average Bonchev–Trinajstić information content (AvgIpc) is 2.24. The minimum Gasteiger partial charge on any atom is -0.347 e. The van der Waals surface area contributed by atoms with Crippen LogP contribution in [-0.4, -0.2) is 8.12 Å². The molecule has 0 saturated heterocycles. The topological polar surface area (TPSA) is 0 Å². The summed E-state index contributed by atoms with van der Waals surface area (Å²) in [5.41, 5.74) is 0. The maximum Gasteiger partial charge on any atom is 0.314 e. The van der Waals surface area contributed by atoms with Crippen molar-refractivity contribution in [2.75, 3.05) is 0 Å². The molecule has 0 aliphatic rings. The first-order valence-electron chi connectivity index (χ1n) is 1.96. The van der Waals surface area contributed by atoms with Gasteiger partial charge in [-0.2, -0.15) is 0 Å². The molecule has 0 radical (unpaired) electrons. The molecular formula is C4H5BFIS. The maximum absolute atomic E-state index is 9.50. The Kier molecular flexibility index (Phi) is 5.85. The highest BCUT2D eigenvalue weighted by atomic mass is 127. The summed E-state index contributed by atoms with van der Waals surface area (Å²) >= 11 is 4.06. The summed E-state index contributed by atoms with van der Waals surface area (Å²) < 4.78 is 10.9. The molecule has 1 aromatic heterocycles. The van der Waals surface area contributed by atoms with E-state index >= 15 is 0 Å². The van der Waals surface area contributed by atoms with E-state index in [9.17, 15) is 4.32 Å². The highest BCUT2D eigenvalue weighted by molar-refractivity contribution is 14.1. The third-order valence-corrected chi connectivity index (χ3v) is 2.26. The monoisotopic (exact) mass is 242 g/mol. The molecule has 0 aliphatic heterocycles. The molecule has 1 heterocycles. The van der Waals surface area contributed by atoms with Gasteiger partial charge in [-0.05, 0) is 34.0 Å². The van der Waals surface area contributed by atoms with Crippen LogP contribution in [0, 0.1) is 2.88 Å². The molecule has 0 unspecified atom stereocenters. The van der Waals surface area contributed by atoms with E-state index in [2.05, 4.69) is 34.0 Å². The second-order valence-electron chi connectivity index (χ2n) is 0.917. The van der Waals surface area contributed by atoms with E-state index in [0.717, 1.165) is 0 Å². The molecule has 0 fully saturated rings. The third kappa shape index (κ3) is 3.43. The molecule has 4 heteroatoms. The summed E-state index contributed by atoms with van der Waals surface area (Å²) in [4.78, 5) is 0. The van der Waals surface area contributed by atoms with Gasteiger partial charge >= 0.3 is 8.12 Å². The van der Waals surface area contributed by atoms with Gasteiger partial charge in [-0.15, -0.1) is 11.3 Å². The molecule has 0 amide bonds. The second kappa shape index (κ2) is 5.56. The van der Waals surface area contributed by atoms with Gasteiger partial charge in [0.1, 0.15) is 0 Å². The normalized spacial score (nSPS) is 7.25. The first-order valence-corrected chi connectivity index (χ1v) is 3.92. The second-order valence-corrected chi connectivity index (χ2v) is 3.76. The van der Waals surface area contributed by atoms with Crippen LogP contribution in [0.5, 0.6) is 0 Å². The van der Waals surface area contributed by atoms with Crippen molar-refractivity contribution < 1.29 is 4.32 Å². The van der Waals surface area contributed by atoms with E-state index in [1.54, 1.807) is 11.3 Å². The number of halogens is 2. The van der Waals surface area contributed by atoms with Crippen molar-refractivity contribution in [3.05, 3.63) is 20.4 Å². The molecule has 0 nitrogen and oxygen atoms in total. The van der Waals surface area contributed by atoms with E-state index in [-0.39, 0.29) is 0 Å². The first-order chi connectivity index (χ1) is 3.89. The SMILES string of the molecule is BF.Ic1cccs1. The molecule has 1 aromatic rings. The zero-order valence-electron chi connectivity index (χ0n) is 4.40. The Labute approximate surface area is 66.7 Å². The number of hydrogen-bond acceptors (Lipinski definition) is 1.